The van der Waals surface area contributed by atoms with Crippen LogP contribution in [0.2, 0.25) is 0 Å². The average molecular weight is 424 g/mol. The zero-order valence-corrected chi connectivity index (χ0v) is 16.4. The number of nitrogens with zero attached hydrogens (tertiary/aromatic N) is 1. The molecule has 27 heavy (non-hydrogen) atoms. The van der Waals surface area contributed by atoms with Gasteiger partial charge in [-0.2, -0.15) is 0 Å². The molecule has 0 bridgehead atoms. The normalized spacial score (nSPS) is 11.7. The van der Waals surface area contributed by atoms with Gasteiger partial charge in [-0.05, 0) is 46.6 Å². The predicted octanol–water partition coefficient (Wildman–Crippen LogP) is 5.45. The van der Waals surface area contributed by atoms with Gasteiger partial charge in [0.1, 0.15) is 5.82 Å². The molecule has 0 aliphatic carbocycles. The van der Waals surface area contributed by atoms with E-state index in [9.17, 15) is 4.39 Å². The number of hydrogen-bond donors (Lipinski definition) is 2. The van der Waals surface area contributed by atoms with E-state index < -0.39 is 0 Å². The van der Waals surface area contributed by atoms with Crippen molar-refractivity contribution in [2.75, 3.05) is 0 Å². The molecule has 0 fully saturated rings. The Kier molecular flexibility index (Phi) is 6.14. The molecule has 0 saturated heterocycles. The Balaban J connectivity index is 1.97. The van der Waals surface area contributed by atoms with Gasteiger partial charge in [-0.25, -0.2) is 4.39 Å². The molecule has 1 heterocycles. The molecule has 3 nitrogen and oxygen atoms in total. The van der Waals surface area contributed by atoms with E-state index >= 15 is 0 Å². The first-order valence-corrected chi connectivity index (χ1v) is 9.30. The largest absolute Gasteiger partial charge is 0.379 e. The number of allylic oxidation sites excluding steroid dienone is 1. The van der Waals surface area contributed by atoms with Gasteiger partial charge in [0.05, 0.1) is 21.6 Å². The van der Waals surface area contributed by atoms with Gasteiger partial charge in [0.2, 0.25) is 0 Å². The molecule has 0 radical (unpaired) electrons. The number of benzene rings is 2. The third-order valence-electron chi connectivity index (χ3n) is 4.11. The number of hydrogen-bond acceptors (Lipinski definition) is 3. The van der Waals surface area contributed by atoms with E-state index in [1.807, 2.05) is 43.3 Å². The monoisotopic (exact) mass is 423 g/mol. The topological polar surface area (TPSA) is 48.8 Å². The number of nitrogens with one attached hydrogen (secondary N) is 2. The molecule has 2 aromatic carbocycles. The minimum Gasteiger partial charge on any atom is -0.379 e. The van der Waals surface area contributed by atoms with E-state index in [0.29, 0.717) is 28.0 Å². The van der Waals surface area contributed by atoms with E-state index in [4.69, 9.17) is 5.41 Å². The second kappa shape index (κ2) is 8.73. The van der Waals surface area contributed by atoms with Crippen molar-refractivity contribution < 1.29 is 4.39 Å². The fraction of sp³-hybridized carbons (Fsp3) is 0.0909. The van der Waals surface area contributed by atoms with Crippen molar-refractivity contribution in [2.24, 2.45) is 0 Å². The lowest BCUT2D eigenvalue weighted by molar-refractivity contribution is 0.605. The molecule has 3 aromatic rings. The zero-order valence-electron chi connectivity index (χ0n) is 14.8. The Bertz CT molecular complexity index is 966. The summed E-state index contributed by atoms with van der Waals surface area (Å²) in [5, 5.41) is 11.8. The van der Waals surface area contributed by atoms with Crippen LogP contribution >= 0.6 is 15.9 Å². The Hall–Kier alpha value is -2.79. The van der Waals surface area contributed by atoms with Crippen LogP contribution in [0.25, 0.3) is 5.70 Å². The van der Waals surface area contributed by atoms with Crippen LogP contribution in [0.1, 0.15) is 22.4 Å². The van der Waals surface area contributed by atoms with E-state index in [1.54, 1.807) is 30.5 Å². The highest BCUT2D eigenvalue weighted by Crippen LogP contribution is 2.25. The van der Waals surface area contributed by atoms with Gasteiger partial charge in [0.25, 0.3) is 0 Å². The minimum atomic E-state index is -0.260. The van der Waals surface area contributed by atoms with Gasteiger partial charge in [0, 0.05) is 18.3 Å². The quantitative estimate of drug-likeness (QED) is 0.517. The summed E-state index contributed by atoms with van der Waals surface area (Å²) in [5.74, 6) is -0.260. The van der Waals surface area contributed by atoms with Gasteiger partial charge >= 0.3 is 0 Å². The molecule has 1 aromatic heterocycles. The lowest BCUT2D eigenvalue weighted by Crippen LogP contribution is -2.17. The van der Waals surface area contributed by atoms with E-state index in [-0.39, 0.29) is 11.5 Å². The Morgan fingerprint density at radius 2 is 1.74 bits per heavy atom. The zero-order chi connectivity index (χ0) is 19.2. The Labute approximate surface area is 166 Å². The summed E-state index contributed by atoms with van der Waals surface area (Å²) < 4.78 is 14.6. The maximum absolute atomic E-state index is 14.0. The van der Waals surface area contributed by atoms with Crippen LogP contribution in [-0.2, 0) is 6.54 Å². The highest BCUT2D eigenvalue weighted by molar-refractivity contribution is 9.12. The maximum Gasteiger partial charge on any atom is 0.128 e. The fourth-order valence-electron chi connectivity index (χ4n) is 2.60. The van der Waals surface area contributed by atoms with Crippen LogP contribution in [-0.4, -0.2) is 10.7 Å². The van der Waals surface area contributed by atoms with E-state index in [0.717, 1.165) is 11.1 Å². The number of aromatic nitrogens is 1. The van der Waals surface area contributed by atoms with Gasteiger partial charge in [-0.15, -0.1) is 0 Å². The molecule has 5 heteroatoms. The van der Waals surface area contributed by atoms with Crippen molar-refractivity contribution >= 4 is 27.3 Å². The maximum atomic E-state index is 14.0. The first-order valence-electron chi connectivity index (χ1n) is 8.50. The molecule has 0 atom stereocenters. The molecule has 0 unspecified atom stereocenters. The van der Waals surface area contributed by atoms with Gasteiger partial charge in [0.15, 0.2) is 0 Å². The molecule has 0 amide bonds. The predicted molar refractivity (Wildman–Crippen MR) is 111 cm³/mol. The third-order valence-corrected chi connectivity index (χ3v) is 4.91. The number of pyridine rings is 1. The lowest BCUT2D eigenvalue weighted by atomic mass is 10.1. The highest BCUT2D eigenvalue weighted by atomic mass is 79.9. The summed E-state index contributed by atoms with van der Waals surface area (Å²) >= 11 is 3.55. The summed E-state index contributed by atoms with van der Waals surface area (Å²) in [6.45, 7) is 2.32. The van der Waals surface area contributed by atoms with Crippen LogP contribution in [0.15, 0.2) is 77.4 Å². The average Bonchev–Trinajstić information content (AvgIpc) is 2.70. The number of aryl methyl sites for hydroxylation is 1. The first-order chi connectivity index (χ1) is 13.1. The van der Waals surface area contributed by atoms with Crippen LogP contribution in [0, 0.1) is 18.2 Å². The third kappa shape index (κ3) is 4.68. The van der Waals surface area contributed by atoms with Crippen LogP contribution in [0.5, 0.6) is 0 Å². The van der Waals surface area contributed by atoms with Crippen LogP contribution in [0.3, 0.4) is 0 Å². The molecule has 3 rings (SSSR count). The number of halogens is 2. The fourth-order valence-corrected chi connectivity index (χ4v) is 3.17. The smallest absolute Gasteiger partial charge is 0.128 e. The minimum absolute atomic E-state index is 0.257. The molecular formula is C22H19BrFN3. The van der Waals surface area contributed by atoms with Crippen molar-refractivity contribution in [1.29, 1.82) is 5.41 Å². The van der Waals surface area contributed by atoms with Gasteiger partial charge < -0.3 is 5.32 Å². The van der Waals surface area contributed by atoms with Crippen molar-refractivity contribution in [3.8, 4) is 0 Å². The van der Waals surface area contributed by atoms with E-state index in [1.165, 1.54) is 6.07 Å². The van der Waals surface area contributed by atoms with E-state index in [2.05, 4.69) is 26.2 Å². The van der Waals surface area contributed by atoms with Crippen molar-refractivity contribution in [2.45, 2.75) is 13.5 Å². The van der Waals surface area contributed by atoms with Crippen molar-refractivity contribution in [3.63, 3.8) is 0 Å². The lowest BCUT2D eigenvalue weighted by Gasteiger charge is -2.16. The van der Waals surface area contributed by atoms with Crippen LogP contribution < -0.4 is 5.32 Å². The van der Waals surface area contributed by atoms with Crippen LogP contribution in [0.4, 0.5) is 4.39 Å². The van der Waals surface area contributed by atoms with Gasteiger partial charge in [-0.3, -0.25) is 10.4 Å². The summed E-state index contributed by atoms with van der Waals surface area (Å²) in [4.78, 5) is 4.25. The highest BCUT2D eigenvalue weighted by Gasteiger charge is 2.15. The van der Waals surface area contributed by atoms with Crippen molar-refractivity contribution in [1.82, 2.24) is 10.3 Å². The standard InChI is InChI=1S/C22H19BrFN3/c1-15-9-11-16(12-10-15)22(27-14-17-6-2-3-7-18(17)24)20(23)21(25)19-8-4-5-13-26-19/h2-13,25,27H,14H2,1H3/b22-20+,25-21?. The Morgan fingerprint density at radius 1 is 1.04 bits per heavy atom. The van der Waals surface area contributed by atoms with Gasteiger partial charge in [-0.1, -0.05) is 54.1 Å². The second-order valence-corrected chi connectivity index (χ2v) is 6.88. The second-order valence-electron chi connectivity index (χ2n) is 6.09. The molecule has 2 N–H and O–H groups in total. The summed E-state index contributed by atoms with van der Waals surface area (Å²) in [7, 11) is 0. The summed E-state index contributed by atoms with van der Waals surface area (Å²) in [6.07, 6.45) is 1.66. The Morgan fingerprint density at radius 3 is 2.41 bits per heavy atom. The van der Waals surface area contributed by atoms with Crippen molar-refractivity contribution in [3.05, 3.63) is 106 Å². The molecule has 0 aliphatic heterocycles. The SMILES string of the molecule is Cc1ccc(/C(NCc2ccccc2F)=C(\Br)C(=N)c2ccccn2)cc1. The first kappa shape index (κ1) is 19.0. The summed E-state index contributed by atoms with van der Waals surface area (Å²) in [6, 6.07) is 20.1. The molecule has 136 valence electrons. The molecular weight excluding hydrogens is 405 g/mol. The molecule has 0 spiro atoms. The molecule has 0 saturated carbocycles. The summed E-state index contributed by atoms with van der Waals surface area (Å²) in [5.41, 5.74) is 4.14. The number of rotatable bonds is 6. The molecule has 0 aliphatic rings.